The highest BCUT2D eigenvalue weighted by molar-refractivity contribution is 6.10. The predicted molar refractivity (Wildman–Crippen MR) is 96.9 cm³/mol. The Morgan fingerprint density at radius 3 is 2.62 bits per heavy atom. The molecule has 2 aliphatic rings. The first-order valence-corrected chi connectivity index (χ1v) is 9.11. The number of hydrogen-bond acceptors (Lipinski definition) is 4. The minimum absolute atomic E-state index is 0.0369. The van der Waals surface area contributed by atoms with E-state index < -0.39 is 17.5 Å². The van der Waals surface area contributed by atoms with E-state index in [1.807, 2.05) is 19.9 Å². The molecule has 26 heavy (non-hydrogen) atoms. The Bertz CT molecular complexity index is 710. The molecule has 1 aromatic rings. The average molecular weight is 359 g/mol. The summed E-state index contributed by atoms with van der Waals surface area (Å²) in [5.74, 6) is -0.165. The molecule has 1 saturated heterocycles. The van der Waals surface area contributed by atoms with Crippen LogP contribution in [-0.4, -0.2) is 40.9 Å². The minimum Gasteiger partial charge on any atom is -0.489 e. The summed E-state index contributed by atoms with van der Waals surface area (Å²) in [6.45, 7) is 3.49. The molecular weight excluding hydrogens is 334 g/mol. The molecular formula is C19H25N3O4. The number of rotatable bonds is 5. The van der Waals surface area contributed by atoms with E-state index in [0.717, 1.165) is 24.2 Å². The van der Waals surface area contributed by atoms with Crippen molar-refractivity contribution < 1.29 is 19.1 Å². The van der Waals surface area contributed by atoms with Gasteiger partial charge < -0.3 is 15.4 Å². The summed E-state index contributed by atoms with van der Waals surface area (Å²) in [7, 11) is 0. The molecule has 0 unspecified atom stereocenters. The van der Waals surface area contributed by atoms with Gasteiger partial charge in [0, 0.05) is 0 Å². The maximum Gasteiger partial charge on any atom is 0.325 e. The summed E-state index contributed by atoms with van der Waals surface area (Å²) >= 11 is 0. The first-order chi connectivity index (χ1) is 12.4. The number of anilines is 1. The number of para-hydroxylation sites is 2. The van der Waals surface area contributed by atoms with E-state index in [0.29, 0.717) is 24.3 Å². The molecule has 1 saturated carbocycles. The van der Waals surface area contributed by atoms with Crippen LogP contribution in [0.15, 0.2) is 24.3 Å². The van der Waals surface area contributed by atoms with Crippen LogP contribution in [0.25, 0.3) is 0 Å². The lowest BCUT2D eigenvalue weighted by molar-refractivity contribution is -0.134. The molecule has 140 valence electrons. The molecule has 2 N–H and O–H groups in total. The maximum atomic E-state index is 12.7. The van der Waals surface area contributed by atoms with Crippen molar-refractivity contribution in [3.63, 3.8) is 0 Å². The number of carbonyl (C=O) groups is 3. The number of ether oxygens (including phenoxy) is 1. The second kappa shape index (κ2) is 7.35. The first-order valence-electron chi connectivity index (χ1n) is 9.11. The lowest BCUT2D eigenvalue weighted by Gasteiger charge is -2.30. The van der Waals surface area contributed by atoms with E-state index >= 15 is 0 Å². The van der Waals surface area contributed by atoms with E-state index in [4.69, 9.17) is 4.74 Å². The van der Waals surface area contributed by atoms with Gasteiger partial charge in [0.05, 0.1) is 11.8 Å². The largest absolute Gasteiger partial charge is 0.489 e. The van der Waals surface area contributed by atoms with Crippen LogP contribution in [0, 0.1) is 0 Å². The van der Waals surface area contributed by atoms with Crippen molar-refractivity contribution in [1.82, 2.24) is 10.2 Å². The Morgan fingerprint density at radius 1 is 1.23 bits per heavy atom. The van der Waals surface area contributed by atoms with Crippen LogP contribution in [0.3, 0.4) is 0 Å². The molecule has 4 amide bonds. The van der Waals surface area contributed by atoms with Gasteiger partial charge in [-0.3, -0.25) is 14.5 Å². The van der Waals surface area contributed by atoms with Crippen molar-refractivity contribution in [2.75, 3.05) is 11.9 Å². The number of nitrogens with zero attached hydrogens (tertiary/aromatic N) is 1. The highest BCUT2D eigenvalue weighted by Crippen LogP contribution is 2.33. The van der Waals surface area contributed by atoms with Crippen LogP contribution >= 0.6 is 0 Å². The summed E-state index contributed by atoms with van der Waals surface area (Å²) in [5, 5.41) is 5.55. The van der Waals surface area contributed by atoms with Crippen molar-refractivity contribution in [2.24, 2.45) is 0 Å². The fraction of sp³-hybridized carbons (Fsp3) is 0.526. The molecule has 1 aliphatic heterocycles. The smallest absolute Gasteiger partial charge is 0.325 e. The number of nitrogens with one attached hydrogen (secondary N) is 2. The zero-order valence-corrected chi connectivity index (χ0v) is 15.2. The molecule has 0 radical (unpaired) electrons. The van der Waals surface area contributed by atoms with Gasteiger partial charge in [0.2, 0.25) is 5.91 Å². The van der Waals surface area contributed by atoms with Gasteiger partial charge in [0.25, 0.3) is 5.91 Å². The molecule has 7 heteroatoms. The van der Waals surface area contributed by atoms with Gasteiger partial charge in [-0.25, -0.2) is 4.79 Å². The number of urea groups is 1. The molecule has 1 aromatic carbocycles. The molecule has 0 aromatic heterocycles. The number of amides is 4. The van der Waals surface area contributed by atoms with Crippen molar-refractivity contribution in [1.29, 1.82) is 0 Å². The van der Waals surface area contributed by atoms with E-state index in [9.17, 15) is 14.4 Å². The fourth-order valence-electron chi connectivity index (χ4n) is 3.57. The van der Waals surface area contributed by atoms with Gasteiger partial charge in [0.15, 0.2) is 0 Å². The number of carbonyl (C=O) groups excluding carboxylic acids is 3. The molecule has 0 bridgehead atoms. The Morgan fingerprint density at radius 2 is 1.92 bits per heavy atom. The van der Waals surface area contributed by atoms with Crippen molar-refractivity contribution in [3.05, 3.63) is 24.3 Å². The summed E-state index contributed by atoms with van der Waals surface area (Å²) in [5.41, 5.74) is -0.292. The molecule has 1 spiro atoms. The van der Waals surface area contributed by atoms with Gasteiger partial charge in [0.1, 0.15) is 17.8 Å². The highest BCUT2D eigenvalue weighted by Gasteiger charge is 2.51. The van der Waals surface area contributed by atoms with Gasteiger partial charge >= 0.3 is 6.03 Å². The quantitative estimate of drug-likeness (QED) is 0.791. The van der Waals surface area contributed by atoms with Crippen molar-refractivity contribution in [2.45, 2.75) is 57.6 Å². The van der Waals surface area contributed by atoms with E-state index in [2.05, 4.69) is 10.6 Å². The highest BCUT2D eigenvalue weighted by atomic mass is 16.5. The third kappa shape index (κ3) is 3.66. The molecule has 7 nitrogen and oxygen atoms in total. The molecule has 3 rings (SSSR count). The predicted octanol–water partition coefficient (Wildman–Crippen LogP) is 2.67. The van der Waals surface area contributed by atoms with Crippen LogP contribution in [0.4, 0.5) is 10.5 Å². The third-order valence-corrected chi connectivity index (χ3v) is 4.78. The maximum absolute atomic E-state index is 12.7. The van der Waals surface area contributed by atoms with Crippen LogP contribution in [0.2, 0.25) is 0 Å². The lowest BCUT2D eigenvalue weighted by atomic mass is 9.82. The Labute approximate surface area is 153 Å². The topological polar surface area (TPSA) is 87.7 Å². The number of benzene rings is 1. The summed E-state index contributed by atoms with van der Waals surface area (Å²) < 4.78 is 5.67. The second-order valence-corrected chi connectivity index (χ2v) is 7.18. The lowest BCUT2D eigenvalue weighted by Crippen LogP contribution is -2.48. The van der Waals surface area contributed by atoms with Gasteiger partial charge in [-0.15, -0.1) is 0 Å². The standard InChI is InChI=1S/C19H25N3O4/c1-13(2)26-15-9-5-4-8-14(15)20-16(23)12-22-17(24)19(21-18(22)25)10-6-3-7-11-19/h4-5,8-9,13H,3,6-7,10-12H2,1-2H3,(H,20,23)(H,21,25). The zero-order valence-electron chi connectivity index (χ0n) is 15.2. The van der Waals surface area contributed by atoms with Gasteiger partial charge in [-0.1, -0.05) is 31.4 Å². The van der Waals surface area contributed by atoms with Crippen molar-refractivity contribution >= 4 is 23.5 Å². The Kier molecular flexibility index (Phi) is 5.15. The minimum atomic E-state index is -0.811. The second-order valence-electron chi connectivity index (χ2n) is 7.18. The van der Waals surface area contributed by atoms with Crippen LogP contribution in [0.5, 0.6) is 5.75 Å². The SMILES string of the molecule is CC(C)Oc1ccccc1NC(=O)CN1C(=O)NC2(CCCCC2)C1=O. The molecule has 1 heterocycles. The summed E-state index contributed by atoms with van der Waals surface area (Å²) in [6, 6.07) is 6.61. The monoisotopic (exact) mass is 359 g/mol. The summed E-state index contributed by atoms with van der Waals surface area (Å²) in [6.07, 6.45) is 4.13. The van der Waals surface area contributed by atoms with Crippen LogP contribution in [-0.2, 0) is 9.59 Å². The van der Waals surface area contributed by atoms with E-state index in [-0.39, 0.29) is 18.6 Å². The molecule has 0 atom stereocenters. The van der Waals surface area contributed by atoms with Crippen molar-refractivity contribution in [3.8, 4) is 5.75 Å². The van der Waals surface area contributed by atoms with E-state index in [1.54, 1.807) is 18.2 Å². The normalized spacial score (nSPS) is 19.0. The zero-order chi connectivity index (χ0) is 18.7. The fourth-order valence-corrected chi connectivity index (χ4v) is 3.57. The molecule has 2 fully saturated rings. The van der Waals surface area contributed by atoms with E-state index in [1.165, 1.54) is 0 Å². The average Bonchev–Trinajstić information content (AvgIpc) is 2.81. The van der Waals surface area contributed by atoms with Gasteiger partial charge in [-0.05, 0) is 38.8 Å². The number of hydrogen-bond donors (Lipinski definition) is 2. The Balaban J connectivity index is 1.67. The first kappa shape index (κ1) is 18.2. The summed E-state index contributed by atoms with van der Waals surface area (Å²) in [4.78, 5) is 38.4. The molecule has 1 aliphatic carbocycles. The number of imide groups is 1. The Hall–Kier alpha value is -2.57. The van der Waals surface area contributed by atoms with Gasteiger partial charge in [-0.2, -0.15) is 0 Å². The third-order valence-electron chi connectivity index (χ3n) is 4.78. The van der Waals surface area contributed by atoms with Crippen LogP contribution < -0.4 is 15.4 Å². The van der Waals surface area contributed by atoms with Crippen LogP contribution in [0.1, 0.15) is 46.0 Å².